The second-order valence-electron chi connectivity index (χ2n) is 4.33. The molecule has 0 saturated carbocycles. The summed E-state index contributed by atoms with van der Waals surface area (Å²) in [6.45, 7) is 4.52. The standard InChI is InChI=1S/C14H12Cl2FN3O/c1-3-19-13(16)12(14(21)20(19)4-2)9-5-8(7-18)10(15)6-11(9)17/h5-6H,3-4H2,1-2H3. The van der Waals surface area contributed by atoms with Crippen molar-refractivity contribution in [3.63, 3.8) is 0 Å². The van der Waals surface area contributed by atoms with Gasteiger partial charge in [-0.05, 0) is 26.0 Å². The smallest absolute Gasteiger partial charge is 0.271 e. The van der Waals surface area contributed by atoms with E-state index in [-0.39, 0.29) is 26.9 Å². The Bertz CT molecular complexity index is 802. The molecule has 21 heavy (non-hydrogen) atoms. The Morgan fingerprint density at radius 2 is 1.86 bits per heavy atom. The number of benzene rings is 1. The average molecular weight is 328 g/mol. The van der Waals surface area contributed by atoms with Gasteiger partial charge in [-0.2, -0.15) is 5.26 Å². The first-order valence-electron chi connectivity index (χ1n) is 6.34. The molecule has 0 aliphatic carbocycles. The van der Waals surface area contributed by atoms with Gasteiger partial charge in [0.1, 0.15) is 17.0 Å². The Balaban J connectivity index is 2.83. The van der Waals surface area contributed by atoms with Crippen molar-refractivity contribution in [3.05, 3.63) is 44.0 Å². The van der Waals surface area contributed by atoms with E-state index in [2.05, 4.69) is 0 Å². The van der Waals surface area contributed by atoms with Crippen LogP contribution in [0.25, 0.3) is 11.1 Å². The molecule has 110 valence electrons. The largest absolute Gasteiger partial charge is 0.276 e. The van der Waals surface area contributed by atoms with Crippen LogP contribution in [0.4, 0.5) is 4.39 Å². The molecular weight excluding hydrogens is 316 g/mol. The van der Waals surface area contributed by atoms with Gasteiger partial charge < -0.3 is 0 Å². The van der Waals surface area contributed by atoms with Gasteiger partial charge in [0.05, 0.1) is 16.1 Å². The number of hydrogen-bond acceptors (Lipinski definition) is 2. The Morgan fingerprint density at radius 3 is 2.33 bits per heavy atom. The fraction of sp³-hybridized carbons (Fsp3) is 0.286. The maximum absolute atomic E-state index is 14.2. The highest BCUT2D eigenvalue weighted by Gasteiger charge is 2.22. The number of aromatic nitrogens is 2. The second-order valence-corrected chi connectivity index (χ2v) is 5.09. The van der Waals surface area contributed by atoms with Crippen molar-refractivity contribution in [1.82, 2.24) is 9.36 Å². The van der Waals surface area contributed by atoms with E-state index in [9.17, 15) is 9.18 Å². The number of nitrogens with zero attached hydrogens (tertiary/aromatic N) is 3. The van der Waals surface area contributed by atoms with Crippen LogP contribution in [0.15, 0.2) is 16.9 Å². The first-order valence-corrected chi connectivity index (χ1v) is 7.10. The summed E-state index contributed by atoms with van der Waals surface area (Å²) in [6.07, 6.45) is 0. The van der Waals surface area contributed by atoms with Gasteiger partial charge in [0, 0.05) is 18.7 Å². The molecule has 0 N–H and O–H groups in total. The van der Waals surface area contributed by atoms with Gasteiger partial charge in [0.2, 0.25) is 0 Å². The number of nitriles is 1. The zero-order chi connectivity index (χ0) is 15.7. The van der Waals surface area contributed by atoms with E-state index in [4.69, 9.17) is 28.5 Å². The third kappa shape index (κ3) is 2.45. The van der Waals surface area contributed by atoms with Crippen molar-refractivity contribution in [3.8, 4) is 17.2 Å². The van der Waals surface area contributed by atoms with Crippen molar-refractivity contribution in [2.24, 2.45) is 0 Å². The third-order valence-electron chi connectivity index (χ3n) is 3.22. The highest BCUT2D eigenvalue weighted by Crippen LogP contribution is 2.31. The monoisotopic (exact) mass is 327 g/mol. The molecule has 0 amide bonds. The molecule has 0 spiro atoms. The van der Waals surface area contributed by atoms with E-state index < -0.39 is 11.4 Å². The Kier molecular flexibility index (Phi) is 4.40. The lowest BCUT2D eigenvalue weighted by Crippen LogP contribution is -2.22. The van der Waals surface area contributed by atoms with Crippen molar-refractivity contribution in [2.45, 2.75) is 26.9 Å². The first kappa shape index (κ1) is 15.6. The van der Waals surface area contributed by atoms with Gasteiger partial charge in [-0.3, -0.25) is 9.48 Å². The minimum Gasteiger partial charge on any atom is -0.271 e. The van der Waals surface area contributed by atoms with Gasteiger partial charge in [0.25, 0.3) is 5.56 Å². The van der Waals surface area contributed by atoms with Gasteiger partial charge in [0.15, 0.2) is 0 Å². The fourth-order valence-corrected chi connectivity index (χ4v) is 2.82. The summed E-state index contributed by atoms with van der Waals surface area (Å²) in [7, 11) is 0. The average Bonchev–Trinajstić information content (AvgIpc) is 2.69. The highest BCUT2D eigenvalue weighted by atomic mass is 35.5. The van der Waals surface area contributed by atoms with Crippen LogP contribution < -0.4 is 5.56 Å². The molecule has 0 saturated heterocycles. The molecule has 2 rings (SSSR count). The van der Waals surface area contributed by atoms with Crippen molar-refractivity contribution >= 4 is 23.2 Å². The van der Waals surface area contributed by atoms with Crippen LogP contribution in [0, 0.1) is 17.1 Å². The molecule has 1 heterocycles. The minimum absolute atomic E-state index is 0.000568. The predicted molar refractivity (Wildman–Crippen MR) is 80.2 cm³/mol. The number of rotatable bonds is 3. The summed E-state index contributed by atoms with van der Waals surface area (Å²) in [5.74, 6) is -0.686. The van der Waals surface area contributed by atoms with Crippen molar-refractivity contribution < 1.29 is 4.39 Å². The molecule has 2 aromatic rings. The van der Waals surface area contributed by atoms with Crippen LogP contribution in [-0.4, -0.2) is 9.36 Å². The Hall–Kier alpha value is -1.77. The van der Waals surface area contributed by atoms with Crippen molar-refractivity contribution in [2.75, 3.05) is 0 Å². The van der Waals surface area contributed by atoms with Gasteiger partial charge >= 0.3 is 0 Å². The molecule has 0 bridgehead atoms. The third-order valence-corrected chi connectivity index (χ3v) is 3.92. The number of hydrogen-bond donors (Lipinski definition) is 0. The minimum atomic E-state index is -0.686. The molecule has 0 aliphatic rings. The molecule has 1 aromatic heterocycles. The zero-order valence-electron chi connectivity index (χ0n) is 11.5. The van der Waals surface area contributed by atoms with Crippen LogP contribution in [-0.2, 0) is 13.1 Å². The number of halogens is 3. The van der Waals surface area contributed by atoms with Crippen LogP contribution in [0.3, 0.4) is 0 Å². The van der Waals surface area contributed by atoms with Crippen molar-refractivity contribution in [1.29, 1.82) is 5.26 Å². The van der Waals surface area contributed by atoms with Crippen LogP contribution in [0.1, 0.15) is 19.4 Å². The zero-order valence-corrected chi connectivity index (χ0v) is 13.0. The quantitative estimate of drug-likeness (QED) is 0.863. The molecule has 0 atom stereocenters. The maximum Gasteiger partial charge on any atom is 0.276 e. The second kappa shape index (κ2) is 5.92. The lowest BCUT2D eigenvalue weighted by atomic mass is 10.1. The molecular formula is C14H12Cl2FN3O. The Morgan fingerprint density at radius 1 is 1.24 bits per heavy atom. The Labute approximate surface area is 130 Å². The van der Waals surface area contributed by atoms with E-state index in [1.165, 1.54) is 10.7 Å². The molecule has 7 heteroatoms. The highest BCUT2D eigenvalue weighted by molar-refractivity contribution is 6.33. The topological polar surface area (TPSA) is 50.7 Å². The van der Waals surface area contributed by atoms with Gasteiger partial charge in [-0.1, -0.05) is 23.2 Å². The summed E-state index contributed by atoms with van der Waals surface area (Å²) in [5, 5.41) is 9.14. The summed E-state index contributed by atoms with van der Waals surface area (Å²) in [6, 6.07) is 4.13. The predicted octanol–water partition coefficient (Wildman–Crippen LogP) is 3.67. The fourth-order valence-electron chi connectivity index (χ4n) is 2.24. The molecule has 0 aliphatic heterocycles. The maximum atomic E-state index is 14.2. The lowest BCUT2D eigenvalue weighted by Gasteiger charge is -2.07. The van der Waals surface area contributed by atoms with Crippen LogP contribution in [0.2, 0.25) is 10.2 Å². The van der Waals surface area contributed by atoms with E-state index in [0.717, 1.165) is 6.07 Å². The van der Waals surface area contributed by atoms with Crippen LogP contribution >= 0.6 is 23.2 Å². The van der Waals surface area contributed by atoms with E-state index >= 15 is 0 Å². The molecule has 0 fully saturated rings. The van der Waals surface area contributed by atoms with Crippen LogP contribution in [0.5, 0.6) is 0 Å². The van der Waals surface area contributed by atoms with Gasteiger partial charge in [-0.25, -0.2) is 9.07 Å². The molecule has 4 nitrogen and oxygen atoms in total. The van der Waals surface area contributed by atoms with Gasteiger partial charge in [-0.15, -0.1) is 0 Å². The summed E-state index contributed by atoms with van der Waals surface area (Å²) in [5.41, 5.74) is -0.267. The van der Waals surface area contributed by atoms with E-state index in [0.29, 0.717) is 13.1 Å². The molecule has 0 radical (unpaired) electrons. The van der Waals surface area contributed by atoms with E-state index in [1.54, 1.807) is 11.6 Å². The first-order chi connectivity index (χ1) is 9.96. The SMILES string of the molecule is CCn1c(Cl)c(-c2cc(C#N)c(Cl)cc2F)c(=O)n1CC. The summed E-state index contributed by atoms with van der Waals surface area (Å²) >= 11 is 12.0. The normalized spacial score (nSPS) is 10.7. The summed E-state index contributed by atoms with van der Waals surface area (Å²) < 4.78 is 17.1. The molecule has 0 unspecified atom stereocenters. The van der Waals surface area contributed by atoms with E-state index in [1.807, 2.05) is 13.0 Å². The molecule has 1 aromatic carbocycles. The lowest BCUT2D eigenvalue weighted by molar-refractivity contribution is 0.477. The summed E-state index contributed by atoms with van der Waals surface area (Å²) in [4.78, 5) is 12.4.